The molecule has 0 atom stereocenters. The Morgan fingerprint density at radius 1 is 0.186 bits per heavy atom. The molecule has 0 saturated carbocycles. The summed E-state index contributed by atoms with van der Waals surface area (Å²) in [6.07, 6.45) is 0. The average Bonchev–Trinajstić information content (AvgIpc) is 1.60. The van der Waals surface area contributed by atoms with Gasteiger partial charge in [0, 0.05) is 97.0 Å². The number of aromatic nitrogens is 2. The van der Waals surface area contributed by atoms with Crippen LogP contribution in [0.2, 0.25) is 0 Å². The fraction of sp³-hybridized carbons (Fsp3) is 0. The number of nitrogens with zero attached hydrogens (tertiary/aromatic N) is 4. The van der Waals surface area contributed by atoms with Crippen molar-refractivity contribution >= 4 is 141 Å². The van der Waals surface area contributed by atoms with E-state index < -0.39 is 0 Å². The first kappa shape index (κ1) is 60.3. The van der Waals surface area contributed by atoms with Crippen LogP contribution < -0.4 is 9.80 Å². The molecule has 0 aliphatic rings. The lowest BCUT2D eigenvalue weighted by atomic mass is 10.0. The number of hydrogen-bond acceptors (Lipinski definition) is 4. The van der Waals surface area contributed by atoms with E-state index in [1.165, 1.54) is 134 Å². The molecule has 0 amide bonds. The average molecular weight is 1340 g/mol. The quantitative estimate of drug-likeness (QED) is 0.121. The molecule has 0 bridgehead atoms. The summed E-state index contributed by atoms with van der Waals surface area (Å²) < 4.78 is 9.96. The molecule has 4 aromatic heterocycles. The van der Waals surface area contributed by atoms with Gasteiger partial charge in [-0.2, -0.15) is 0 Å². The van der Waals surface area contributed by atoms with Crippen LogP contribution in [0.25, 0.3) is 140 Å². The first-order valence-electron chi connectivity index (χ1n) is 34.7. The third-order valence-corrected chi connectivity index (χ3v) is 22.3. The fourth-order valence-corrected chi connectivity index (χ4v) is 17.5. The lowest BCUT2D eigenvalue weighted by molar-refractivity contribution is 1.18. The normalized spacial score (nSPS) is 11.5. The Balaban J connectivity index is 0.000000141. The zero-order valence-corrected chi connectivity index (χ0v) is 57.2. The third kappa shape index (κ3) is 10.9. The predicted octanol–water partition coefficient (Wildman–Crippen LogP) is 27.9. The molecule has 16 aromatic carbocycles. The van der Waals surface area contributed by atoms with E-state index in [2.05, 4.69) is 407 Å². The zero-order valence-electron chi connectivity index (χ0n) is 55.6. The number of benzene rings is 16. The Kier molecular flexibility index (Phi) is 15.3. The summed E-state index contributed by atoms with van der Waals surface area (Å²) in [5.74, 6) is 0. The van der Waals surface area contributed by atoms with Gasteiger partial charge < -0.3 is 18.9 Å². The molecule has 6 heteroatoms. The number of anilines is 6. The van der Waals surface area contributed by atoms with Gasteiger partial charge >= 0.3 is 0 Å². The maximum atomic E-state index is 2.41. The largest absolute Gasteiger partial charge is 0.310 e. The van der Waals surface area contributed by atoms with Crippen molar-refractivity contribution in [1.82, 2.24) is 9.13 Å². The minimum absolute atomic E-state index is 1.12. The number of fused-ring (bicyclic) bond motifs is 12. The van der Waals surface area contributed by atoms with Crippen LogP contribution in [0.15, 0.2) is 388 Å². The highest BCUT2D eigenvalue weighted by atomic mass is 32.1. The predicted molar refractivity (Wildman–Crippen MR) is 438 cm³/mol. The Hall–Kier alpha value is -12.8. The lowest BCUT2D eigenvalue weighted by Crippen LogP contribution is -2.10. The van der Waals surface area contributed by atoms with Crippen molar-refractivity contribution < 1.29 is 0 Å². The second-order valence-electron chi connectivity index (χ2n) is 26.0. The maximum absolute atomic E-state index is 2.41. The van der Waals surface area contributed by atoms with Gasteiger partial charge in [0.05, 0.1) is 32.5 Å². The van der Waals surface area contributed by atoms with Crippen LogP contribution in [-0.4, -0.2) is 9.13 Å². The number of rotatable bonds is 12. The molecule has 0 fully saturated rings. The molecule has 0 spiro atoms. The highest BCUT2D eigenvalue weighted by Gasteiger charge is 2.21. The molecular formula is C96H64N4S2. The van der Waals surface area contributed by atoms with Gasteiger partial charge in [-0.05, 0) is 172 Å². The minimum atomic E-state index is 1.12. The Bertz CT molecular complexity index is 6380. The SMILES string of the molecule is c1ccc(-c2ccc(N(c3ccc(-c4cccc(-n5c6ccccc6c6ccccc65)c4)cc3)c3ccc4c(c3)sc3ccccc34)cc2)cc1.c1ccc(-c2ccc(N(c3ccc(-c4cccc(-n5c6ccccc6c6ccccc65)c4)cc3)c3cccc4c3sc3ccccc34)cc2)cc1. The summed E-state index contributed by atoms with van der Waals surface area (Å²) in [5.41, 5.74) is 23.6. The van der Waals surface area contributed by atoms with E-state index in [1.807, 2.05) is 22.7 Å². The van der Waals surface area contributed by atoms with Crippen LogP contribution in [0.1, 0.15) is 0 Å². The number of para-hydroxylation sites is 4. The van der Waals surface area contributed by atoms with Gasteiger partial charge in [0.15, 0.2) is 0 Å². The van der Waals surface area contributed by atoms with E-state index in [0.29, 0.717) is 0 Å². The number of hydrogen-bond donors (Lipinski definition) is 0. The molecule has 20 rings (SSSR count). The summed E-state index contributed by atoms with van der Waals surface area (Å²) in [6, 6.07) is 141. The summed E-state index contributed by atoms with van der Waals surface area (Å²) in [6.45, 7) is 0. The van der Waals surface area contributed by atoms with Crippen molar-refractivity contribution in [2.24, 2.45) is 0 Å². The van der Waals surface area contributed by atoms with E-state index >= 15 is 0 Å². The molecule has 480 valence electrons. The van der Waals surface area contributed by atoms with E-state index in [0.717, 1.165) is 39.8 Å². The first-order chi connectivity index (χ1) is 50.6. The van der Waals surface area contributed by atoms with Gasteiger partial charge in [-0.3, -0.25) is 0 Å². The van der Waals surface area contributed by atoms with Crippen LogP contribution in [0.4, 0.5) is 34.1 Å². The van der Waals surface area contributed by atoms with Crippen LogP contribution in [0.5, 0.6) is 0 Å². The van der Waals surface area contributed by atoms with Crippen LogP contribution >= 0.6 is 22.7 Å². The minimum Gasteiger partial charge on any atom is -0.310 e. The van der Waals surface area contributed by atoms with Crippen molar-refractivity contribution in [2.45, 2.75) is 0 Å². The highest BCUT2D eigenvalue weighted by molar-refractivity contribution is 7.26. The van der Waals surface area contributed by atoms with Gasteiger partial charge in [-0.25, -0.2) is 0 Å². The molecule has 0 unspecified atom stereocenters. The van der Waals surface area contributed by atoms with Crippen molar-refractivity contribution in [3.63, 3.8) is 0 Å². The van der Waals surface area contributed by atoms with Gasteiger partial charge in [0.2, 0.25) is 0 Å². The van der Waals surface area contributed by atoms with Crippen molar-refractivity contribution in [2.75, 3.05) is 9.80 Å². The first-order valence-corrected chi connectivity index (χ1v) is 36.3. The topological polar surface area (TPSA) is 16.3 Å². The molecule has 102 heavy (non-hydrogen) atoms. The molecule has 0 N–H and O–H groups in total. The van der Waals surface area contributed by atoms with Gasteiger partial charge in [-0.1, -0.05) is 261 Å². The van der Waals surface area contributed by atoms with Crippen LogP contribution in [0.3, 0.4) is 0 Å². The van der Waals surface area contributed by atoms with E-state index in [1.54, 1.807) is 0 Å². The standard InChI is InChI=1S/2C48H32N2S/c1-2-12-33(13-3-1)34-24-28-37(29-25-34)49(46-22-11-19-43-42-18-6-9-23-47(42)51-48(43)46)38-30-26-35(27-31-38)36-14-10-15-39(32-36)50-44-20-7-4-16-40(44)41-17-5-8-21-45(41)50;1-2-11-33(12-3-1)34-21-25-37(26-22-34)49(40-29-30-44-43-17-6-9-20-47(43)51-48(44)32-40)38-27-23-35(24-28-38)36-13-10-14-39(31-36)50-45-18-7-4-15-41(45)42-16-5-8-19-46(42)50/h2*1-32H. The molecule has 0 saturated heterocycles. The fourth-order valence-electron chi connectivity index (χ4n) is 15.2. The van der Waals surface area contributed by atoms with Crippen LogP contribution in [-0.2, 0) is 0 Å². The van der Waals surface area contributed by atoms with Gasteiger partial charge in [0.1, 0.15) is 0 Å². The Morgan fingerprint density at radius 3 is 0.951 bits per heavy atom. The smallest absolute Gasteiger partial charge is 0.0640 e. The van der Waals surface area contributed by atoms with Crippen LogP contribution in [0, 0.1) is 0 Å². The number of thiophene rings is 2. The lowest BCUT2D eigenvalue weighted by Gasteiger charge is -2.26. The molecule has 0 aliphatic heterocycles. The third-order valence-electron chi connectivity index (χ3n) is 20.0. The Labute approximate surface area is 599 Å². The second kappa shape index (κ2) is 25.8. The van der Waals surface area contributed by atoms with Crippen molar-refractivity contribution in [1.29, 1.82) is 0 Å². The molecule has 20 aromatic rings. The summed E-state index contributed by atoms with van der Waals surface area (Å²) in [4.78, 5) is 4.78. The molecule has 0 radical (unpaired) electrons. The highest BCUT2D eigenvalue weighted by Crippen LogP contribution is 2.47. The summed E-state index contributed by atoms with van der Waals surface area (Å²) in [7, 11) is 0. The summed E-state index contributed by atoms with van der Waals surface area (Å²) >= 11 is 3.72. The molecule has 0 aliphatic carbocycles. The van der Waals surface area contributed by atoms with E-state index in [9.17, 15) is 0 Å². The maximum Gasteiger partial charge on any atom is 0.0640 e. The van der Waals surface area contributed by atoms with E-state index in [-0.39, 0.29) is 0 Å². The second-order valence-corrected chi connectivity index (χ2v) is 28.1. The zero-order chi connectivity index (χ0) is 67.5. The molecular weight excluding hydrogens is 1270 g/mol. The Morgan fingerprint density at radius 2 is 0.500 bits per heavy atom. The van der Waals surface area contributed by atoms with Crippen molar-refractivity contribution in [3.8, 4) is 55.9 Å². The molecule has 4 nitrogen and oxygen atoms in total. The van der Waals surface area contributed by atoms with Gasteiger partial charge in [-0.15, -0.1) is 22.7 Å². The van der Waals surface area contributed by atoms with Gasteiger partial charge in [0.25, 0.3) is 0 Å². The monoisotopic (exact) mass is 1340 g/mol. The van der Waals surface area contributed by atoms with Crippen molar-refractivity contribution in [3.05, 3.63) is 388 Å². The molecule has 4 heterocycles. The summed E-state index contributed by atoms with van der Waals surface area (Å²) in [5, 5.41) is 10.3. The van der Waals surface area contributed by atoms with E-state index in [4.69, 9.17) is 0 Å².